The zero-order chi connectivity index (χ0) is 10.1. The van der Waals surface area contributed by atoms with Gasteiger partial charge in [-0.15, -0.1) is 12.4 Å². The fourth-order valence-corrected chi connectivity index (χ4v) is 1.48. The van der Waals surface area contributed by atoms with Gasteiger partial charge in [-0.3, -0.25) is 10.1 Å². The van der Waals surface area contributed by atoms with Gasteiger partial charge >= 0.3 is 0 Å². The highest BCUT2D eigenvalue weighted by Gasteiger charge is 2.11. The molecule has 5 heteroatoms. The average molecular weight is 225 g/mol. The molecule has 15 heavy (non-hydrogen) atoms. The number of nitrogen functional groups attached to an aromatic ring is 1. The molecule has 0 amide bonds. The monoisotopic (exact) mass is 224 g/mol. The molecular weight excluding hydrogens is 216 g/mol. The summed E-state index contributed by atoms with van der Waals surface area (Å²) in [7, 11) is 0. The Kier molecular flexibility index (Phi) is 3.11. The Labute approximate surface area is 92.3 Å². The lowest BCUT2D eigenvalue weighted by atomic mass is 10.1. The molecule has 2 rings (SSSR count). The highest BCUT2D eigenvalue weighted by Crippen LogP contribution is 2.28. The van der Waals surface area contributed by atoms with E-state index in [1.165, 1.54) is 6.07 Å². The molecule has 0 aliphatic rings. The van der Waals surface area contributed by atoms with Gasteiger partial charge < -0.3 is 5.73 Å². The van der Waals surface area contributed by atoms with Crippen molar-refractivity contribution >= 4 is 34.6 Å². The van der Waals surface area contributed by atoms with Crippen LogP contribution in [0, 0.1) is 10.1 Å². The van der Waals surface area contributed by atoms with E-state index in [4.69, 9.17) is 5.73 Å². The van der Waals surface area contributed by atoms with Crippen molar-refractivity contribution < 1.29 is 4.92 Å². The zero-order valence-electron chi connectivity index (χ0n) is 7.71. The maximum absolute atomic E-state index is 10.7. The van der Waals surface area contributed by atoms with E-state index < -0.39 is 4.92 Å². The minimum absolute atomic E-state index is 0. The van der Waals surface area contributed by atoms with Crippen LogP contribution < -0.4 is 5.73 Å². The van der Waals surface area contributed by atoms with Crippen molar-refractivity contribution in [3.63, 3.8) is 0 Å². The summed E-state index contributed by atoms with van der Waals surface area (Å²) in [6, 6.07) is 10.0. The lowest BCUT2D eigenvalue weighted by Crippen LogP contribution is -1.91. The van der Waals surface area contributed by atoms with Gasteiger partial charge in [0.1, 0.15) is 0 Å². The first kappa shape index (κ1) is 11.3. The summed E-state index contributed by atoms with van der Waals surface area (Å²) in [6.07, 6.45) is 0. The predicted octanol–water partition coefficient (Wildman–Crippen LogP) is 2.75. The van der Waals surface area contributed by atoms with Gasteiger partial charge in [-0.1, -0.05) is 18.2 Å². The number of anilines is 1. The van der Waals surface area contributed by atoms with Crippen LogP contribution in [0.25, 0.3) is 10.8 Å². The topological polar surface area (TPSA) is 69.2 Å². The molecule has 0 fully saturated rings. The Morgan fingerprint density at radius 3 is 2.33 bits per heavy atom. The number of nitro groups is 1. The third-order valence-electron chi connectivity index (χ3n) is 2.13. The van der Waals surface area contributed by atoms with Crippen LogP contribution in [0.5, 0.6) is 0 Å². The van der Waals surface area contributed by atoms with Crippen LogP contribution in [0.1, 0.15) is 0 Å². The largest absolute Gasteiger partial charge is 0.398 e. The highest BCUT2D eigenvalue weighted by molar-refractivity contribution is 5.98. The van der Waals surface area contributed by atoms with E-state index in [0.29, 0.717) is 11.1 Å². The van der Waals surface area contributed by atoms with Crippen molar-refractivity contribution in [2.24, 2.45) is 0 Å². The first-order valence-corrected chi connectivity index (χ1v) is 4.12. The average Bonchev–Trinajstić information content (AvgIpc) is 2.17. The molecule has 0 aromatic heterocycles. The molecule has 2 aromatic carbocycles. The lowest BCUT2D eigenvalue weighted by molar-refractivity contribution is -0.383. The van der Waals surface area contributed by atoms with Crippen LogP contribution in [0.3, 0.4) is 0 Å². The number of nitrogens with two attached hydrogens (primary N) is 1. The van der Waals surface area contributed by atoms with Crippen LogP contribution in [0.4, 0.5) is 11.4 Å². The van der Waals surface area contributed by atoms with Crippen molar-refractivity contribution in [3.05, 3.63) is 46.5 Å². The SMILES string of the molecule is Cl.Nc1cccc2c([N+](=O)[O-])cccc12. The third kappa shape index (κ3) is 1.85. The van der Waals surface area contributed by atoms with Crippen LogP contribution in [0.15, 0.2) is 36.4 Å². The van der Waals surface area contributed by atoms with Crippen molar-refractivity contribution in [1.29, 1.82) is 0 Å². The van der Waals surface area contributed by atoms with Gasteiger partial charge in [0.25, 0.3) is 5.69 Å². The number of rotatable bonds is 1. The molecule has 0 bridgehead atoms. The summed E-state index contributed by atoms with van der Waals surface area (Å²) in [6.45, 7) is 0. The number of halogens is 1. The molecule has 0 heterocycles. The van der Waals surface area contributed by atoms with E-state index in [9.17, 15) is 10.1 Å². The molecule has 0 radical (unpaired) electrons. The number of nitro benzene ring substituents is 1. The Bertz CT molecular complexity index is 514. The number of benzene rings is 2. The molecule has 0 atom stereocenters. The summed E-state index contributed by atoms with van der Waals surface area (Å²) >= 11 is 0. The molecule has 0 spiro atoms. The van der Waals surface area contributed by atoms with Gasteiger partial charge in [-0.05, 0) is 12.1 Å². The fraction of sp³-hybridized carbons (Fsp3) is 0. The summed E-state index contributed by atoms with van der Waals surface area (Å²) in [5.74, 6) is 0. The van der Waals surface area contributed by atoms with E-state index in [0.717, 1.165) is 5.39 Å². The molecular formula is C10H9ClN2O2. The van der Waals surface area contributed by atoms with Crippen molar-refractivity contribution in [2.45, 2.75) is 0 Å². The molecule has 0 saturated heterocycles. The molecule has 0 unspecified atom stereocenters. The van der Waals surface area contributed by atoms with Crippen molar-refractivity contribution in [1.82, 2.24) is 0 Å². The molecule has 2 aromatic rings. The van der Waals surface area contributed by atoms with Crippen molar-refractivity contribution in [2.75, 3.05) is 5.73 Å². The smallest absolute Gasteiger partial charge is 0.277 e. The molecule has 2 N–H and O–H groups in total. The van der Waals surface area contributed by atoms with E-state index >= 15 is 0 Å². The van der Waals surface area contributed by atoms with E-state index in [1.807, 2.05) is 0 Å². The maximum Gasteiger partial charge on any atom is 0.277 e. The fourth-order valence-electron chi connectivity index (χ4n) is 1.48. The molecule has 78 valence electrons. The maximum atomic E-state index is 10.7. The number of fused-ring (bicyclic) bond motifs is 1. The Morgan fingerprint density at radius 1 is 1.07 bits per heavy atom. The van der Waals surface area contributed by atoms with Gasteiger partial charge in [0.15, 0.2) is 0 Å². The second-order valence-electron chi connectivity index (χ2n) is 2.98. The number of hydrogen-bond acceptors (Lipinski definition) is 3. The third-order valence-corrected chi connectivity index (χ3v) is 2.13. The quantitative estimate of drug-likeness (QED) is 0.460. The van der Waals surface area contributed by atoms with E-state index in [2.05, 4.69) is 0 Å². The van der Waals surface area contributed by atoms with E-state index in [1.54, 1.807) is 30.3 Å². The van der Waals surface area contributed by atoms with Crippen LogP contribution in [-0.2, 0) is 0 Å². The van der Waals surface area contributed by atoms with Gasteiger partial charge in [0.2, 0.25) is 0 Å². The molecule has 0 aliphatic heterocycles. The van der Waals surface area contributed by atoms with E-state index in [-0.39, 0.29) is 18.1 Å². The number of hydrogen-bond donors (Lipinski definition) is 1. The summed E-state index contributed by atoms with van der Waals surface area (Å²) in [4.78, 5) is 10.3. The minimum Gasteiger partial charge on any atom is -0.398 e. The summed E-state index contributed by atoms with van der Waals surface area (Å²) < 4.78 is 0. The molecule has 0 aliphatic carbocycles. The van der Waals surface area contributed by atoms with Crippen LogP contribution in [0.2, 0.25) is 0 Å². The van der Waals surface area contributed by atoms with Crippen LogP contribution in [-0.4, -0.2) is 4.92 Å². The first-order chi connectivity index (χ1) is 6.70. The number of non-ortho nitro benzene ring substituents is 1. The lowest BCUT2D eigenvalue weighted by Gasteiger charge is -2.01. The summed E-state index contributed by atoms with van der Waals surface area (Å²) in [5, 5.41) is 12.0. The minimum atomic E-state index is -0.401. The predicted molar refractivity (Wildman–Crippen MR) is 62.3 cm³/mol. The Hall–Kier alpha value is -1.81. The standard InChI is InChI=1S/C10H8N2O2.ClH/c11-9-5-1-4-8-7(9)3-2-6-10(8)12(13)14;/h1-6H,11H2;1H. The summed E-state index contributed by atoms with van der Waals surface area (Å²) in [5.41, 5.74) is 6.36. The molecule has 4 nitrogen and oxygen atoms in total. The van der Waals surface area contributed by atoms with Crippen LogP contribution >= 0.6 is 12.4 Å². The first-order valence-electron chi connectivity index (χ1n) is 4.12. The van der Waals surface area contributed by atoms with Gasteiger partial charge in [0.05, 0.1) is 10.3 Å². The van der Waals surface area contributed by atoms with Gasteiger partial charge in [-0.25, -0.2) is 0 Å². The molecule has 0 saturated carbocycles. The van der Waals surface area contributed by atoms with Crippen molar-refractivity contribution in [3.8, 4) is 0 Å². The Morgan fingerprint density at radius 2 is 1.67 bits per heavy atom. The second-order valence-corrected chi connectivity index (χ2v) is 2.98. The number of nitrogens with zero attached hydrogens (tertiary/aromatic N) is 1. The Balaban J connectivity index is 0.00000112. The zero-order valence-corrected chi connectivity index (χ0v) is 8.53. The second kappa shape index (κ2) is 4.14. The normalized spacial score (nSPS) is 9.60. The van der Waals surface area contributed by atoms with Gasteiger partial charge in [0, 0.05) is 17.1 Å². The highest BCUT2D eigenvalue weighted by atomic mass is 35.5. The van der Waals surface area contributed by atoms with Gasteiger partial charge in [-0.2, -0.15) is 0 Å².